The number of rotatable bonds is 4. The van der Waals surface area contributed by atoms with Crippen LogP contribution in [0.25, 0.3) is 10.9 Å². The maximum absolute atomic E-state index is 12.4. The number of sulfonamides is 1. The summed E-state index contributed by atoms with van der Waals surface area (Å²) in [5.74, 6) is 0.558. The Morgan fingerprint density at radius 2 is 2.14 bits per heavy atom. The van der Waals surface area contributed by atoms with Gasteiger partial charge in [0.25, 0.3) is 0 Å². The molecule has 0 unspecified atom stereocenters. The van der Waals surface area contributed by atoms with Crippen molar-refractivity contribution < 1.29 is 8.42 Å². The first-order valence-corrected chi connectivity index (χ1v) is 7.88. The quantitative estimate of drug-likeness (QED) is 0.768. The summed E-state index contributed by atoms with van der Waals surface area (Å²) in [6, 6.07) is 7.02. The normalized spacial score (nSPS) is 11.9. The molecule has 2 heterocycles. The van der Waals surface area contributed by atoms with Crippen LogP contribution in [0.4, 0.5) is 0 Å². The fourth-order valence-electron chi connectivity index (χ4n) is 2.10. The van der Waals surface area contributed by atoms with Gasteiger partial charge in [-0.1, -0.05) is 12.1 Å². The molecule has 1 aromatic carbocycles. The molecule has 0 saturated heterocycles. The Labute approximate surface area is 122 Å². The van der Waals surface area contributed by atoms with Crippen LogP contribution < -0.4 is 4.72 Å². The number of aromatic amines is 1. The Bertz CT molecular complexity index is 873. The summed E-state index contributed by atoms with van der Waals surface area (Å²) in [4.78, 5) is 11.3. The van der Waals surface area contributed by atoms with Gasteiger partial charge in [0.2, 0.25) is 10.0 Å². The van der Waals surface area contributed by atoms with Gasteiger partial charge in [-0.05, 0) is 24.6 Å². The summed E-state index contributed by atoms with van der Waals surface area (Å²) in [6.07, 6.45) is 4.88. The minimum absolute atomic E-state index is 0.109. The molecule has 0 saturated carbocycles. The third-order valence-electron chi connectivity index (χ3n) is 3.08. The summed E-state index contributed by atoms with van der Waals surface area (Å²) in [5.41, 5.74) is 1.45. The molecule has 7 heteroatoms. The van der Waals surface area contributed by atoms with Gasteiger partial charge in [-0.25, -0.2) is 18.1 Å². The van der Waals surface area contributed by atoms with Crippen LogP contribution in [0.5, 0.6) is 0 Å². The van der Waals surface area contributed by atoms with Crippen molar-refractivity contribution in [3.8, 4) is 0 Å². The van der Waals surface area contributed by atoms with Gasteiger partial charge >= 0.3 is 0 Å². The Hall–Kier alpha value is -2.25. The lowest BCUT2D eigenvalue weighted by Gasteiger charge is -2.08. The number of para-hydroxylation sites is 1. The van der Waals surface area contributed by atoms with Gasteiger partial charge in [0.1, 0.15) is 10.7 Å². The summed E-state index contributed by atoms with van der Waals surface area (Å²) >= 11 is 0. The molecule has 6 nitrogen and oxygen atoms in total. The second-order valence-corrected chi connectivity index (χ2v) is 6.44. The summed E-state index contributed by atoms with van der Waals surface area (Å²) in [5, 5.41) is 0.802. The van der Waals surface area contributed by atoms with Gasteiger partial charge in [0.05, 0.1) is 12.1 Å². The van der Waals surface area contributed by atoms with Crippen molar-refractivity contribution in [2.45, 2.75) is 18.4 Å². The second-order valence-electron chi connectivity index (χ2n) is 4.70. The number of hydrogen-bond donors (Lipinski definition) is 2. The van der Waals surface area contributed by atoms with E-state index in [-0.39, 0.29) is 11.4 Å². The molecule has 0 atom stereocenters. The third-order valence-corrected chi connectivity index (χ3v) is 4.52. The Kier molecular flexibility index (Phi) is 3.44. The van der Waals surface area contributed by atoms with Crippen LogP contribution >= 0.6 is 0 Å². The molecule has 3 aromatic rings. The zero-order valence-corrected chi connectivity index (χ0v) is 12.2. The molecule has 0 fully saturated rings. The van der Waals surface area contributed by atoms with E-state index in [1.807, 2.05) is 19.1 Å². The zero-order chi connectivity index (χ0) is 14.9. The second kappa shape index (κ2) is 5.27. The predicted molar refractivity (Wildman–Crippen MR) is 79.1 cm³/mol. The van der Waals surface area contributed by atoms with Crippen molar-refractivity contribution in [2.24, 2.45) is 0 Å². The van der Waals surface area contributed by atoms with Crippen molar-refractivity contribution in [1.29, 1.82) is 0 Å². The molecular weight excluding hydrogens is 288 g/mol. The number of nitrogens with one attached hydrogen (secondary N) is 2. The largest absolute Gasteiger partial charge is 0.347 e. The van der Waals surface area contributed by atoms with E-state index in [1.54, 1.807) is 30.7 Å². The van der Waals surface area contributed by atoms with Crippen LogP contribution in [0.3, 0.4) is 0 Å². The highest BCUT2D eigenvalue weighted by Crippen LogP contribution is 2.21. The van der Waals surface area contributed by atoms with Crippen molar-refractivity contribution in [2.75, 3.05) is 0 Å². The Morgan fingerprint density at radius 1 is 1.29 bits per heavy atom. The van der Waals surface area contributed by atoms with Gasteiger partial charge in [0, 0.05) is 24.0 Å². The van der Waals surface area contributed by atoms with Crippen LogP contribution in [0.1, 0.15) is 11.4 Å². The zero-order valence-electron chi connectivity index (χ0n) is 11.4. The molecule has 0 spiro atoms. The molecule has 0 amide bonds. The van der Waals surface area contributed by atoms with Crippen LogP contribution in [0.15, 0.2) is 47.8 Å². The molecule has 0 aliphatic heterocycles. The smallest absolute Gasteiger partial charge is 0.243 e. The van der Waals surface area contributed by atoms with Gasteiger partial charge in [0.15, 0.2) is 0 Å². The Balaban J connectivity index is 1.98. The molecule has 0 radical (unpaired) electrons. The van der Waals surface area contributed by atoms with E-state index in [0.29, 0.717) is 11.3 Å². The van der Waals surface area contributed by atoms with Crippen molar-refractivity contribution in [1.82, 2.24) is 19.7 Å². The van der Waals surface area contributed by atoms with E-state index in [4.69, 9.17) is 0 Å². The highest BCUT2D eigenvalue weighted by Gasteiger charge is 2.18. The summed E-state index contributed by atoms with van der Waals surface area (Å²) < 4.78 is 27.4. The van der Waals surface area contributed by atoms with E-state index >= 15 is 0 Å². The topological polar surface area (TPSA) is 87.7 Å². The Morgan fingerprint density at radius 3 is 2.90 bits per heavy atom. The molecule has 0 aliphatic carbocycles. The predicted octanol–water partition coefficient (Wildman–Crippen LogP) is 1.74. The van der Waals surface area contributed by atoms with Crippen molar-refractivity contribution >= 4 is 20.9 Å². The number of imidazole rings is 1. The number of nitrogens with zero attached hydrogens (tertiary/aromatic N) is 2. The summed E-state index contributed by atoms with van der Waals surface area (Å²) in [7, 11) is -3.65. The van der Waals surface area contributed by atoms with E-state index in [9.17, 15) is 8.42 Å². The number of benzene rings is 1. The molecule has 3 rings (SSSR count). The minimum Gasteiger partial charge on any atom is -0.347 e. The first-order chi connectivity index (χ1) is 10.1. The van der Waals surface area contributed by atoms with Crippen LogP contribution in [0, 0.1) is 6.92 Å². The van der Waals surface area contributed by atoms with E-state index in [1.165, 1.54) is 0 Å². The molecule has 2 N–H and O–H groups in total. The molecule has 21 heavy (non-hydrogen) atoms. The highest BCUT2D eigenvalue weighted by molar-refractivity contribution is 7.89. The first kappa shape index (κ1) is 13.7. The highest BCUT2D eigenvalue weighted by atomic mass is 32.2. The van der Waals surface area contributed by atoms with E-state index < -0.39 is 10.0 Å². The maximum Gasteiger partial charge on any atom is 0.243 e. The number of H-pyrrole nitrogens is 1. The molecule has 108 valence electrons. The molecule has 0 bridgehead atoms. The number of aryl methyl sites for hydroxylation is 1. The monoisotopic (exact) mass is 302 g/mol. The number of pyridine rings is 1. The van der Waals surface area contributed by atoms with E-state index in [2.05, 4.69) is 19.7 Å². The maximum atomic E-state index is 12.4. The van der Waals surface area contributed by atoms with E-state index in [0.717, 1.165) is 10.9 Å². The standard InChI is InChI=1S/C14H14N4O2S/c1-10-7-11-3-2-4-12(14(11)17-8-10)21(19,20)18-9-13-15-5-6-16-13/h2-8,18H,9H2,1H3,(H,15,16). The van der Waals surface area contributed by atoms with Crippen molar-refractivity contribution in [3.63, 3.8) is 0 Å². The SMILES string of the molecule is Cc1cnc2c(S(=O)(=O)NCc3ncc[nH]3)cccc2c1. The molecular formula is C14H14N4O2S. The lowest BCUT2D eigenvalue weighted by molar-refractivity contribution is 0.580. The minimum atomic E-state index is -3.65. The average molecular weight is 302 g/mol. The molecule has 0 aliphatic rings. The van der Waals surface area contributed by atoms with Gasteiger partial charge in [-0.15, -0.1) is 0 Å². The first-order valence-electron chi connectivity index (χ1n) is 6.39. The third kappa shape index (κ3) is 2.79. The fourth-order valence-corrected chi connectivity index (χ4v) is 3.26. The number of hydrogen-bond acceptors (Lipinski definition) is 4. The number of fused-ring (bicyclic) bond motifs is 1. The van der Waals surface area contributed by atoms with Crippen LogP contribution in [-0.2, 0) is 16.6 Å². The average Bonchev–Trinajstić information content (AvgIpc) is 2.97. The van der Waals surface area contributed by atoms with Crippen LogP contribution in [-0.4, -0.2) is 23.4 Å². The van der Waals surface area contributed by atoms with Gasteiger partial charge in [-0.2, -0.15) is 0 Å². The molecule has 2 aromatic heterocycles. The fraction of sp³-hybridized carbons (Fsp3) is 0.143. The summed E-state index contributed by atoms with van der Waals surface area (Å²) in [6.45, 7) is 2.03. The lowest BCUT2D eigenvalue weighted by atomic mass is 10.2. The van der Waals surface area contributed by atoms with Gasteiger partial charge in [-0.3, -0.25) is 4.98 Å². The number of aromatic nitrogens is 3. The lowest BCUT2D eigenvalue weighted by Crippen LogP contribution is -2.24. The van der Waals surface area contributed by atoms with Crippen molar-refractivity contribution in [3.05, 3.63) is 54.2 Å². The van der Waals surface area contributed by atoms with Crippen LogP contribution in [0.2, 0.25) is 0 Å². The van der Waals surface area contributed by atoms with Gasteiger partial charge < -0.3 is 4.98 Å².